The molecule has 0 saturated carbocycles. The van der Waals surface area contributed by atoms with Crippen LogP contribution >= 0.6 is 0 Å². The van der Waals surface area contributed by atoms with Crippen molar-refractivity contribution in [2.24, 2.45) is 0 Å². The van der Waals surface area contributed by atoms with E-state index in [0.717, 1.165) is 15.1 Å². The zero-order valence-electron chi connectivity index (χ0n) is 23.0. The molecule has 0 spiro atoms. The van der Waals surface area contributed by atoms with Crippen molar-refractivity contribution >= 4 is 47.3 Å². The van der Waals surface area contributed by atoms with Crippen molar-refractivity contribution in [1.29, 1.82) is 0 Å². The number of halogens is 2. The molecule has 0 aromatic heterocycles. The molecule has 1 amide bonds. The fourth-order valence-corrected chi connectivity index (χ4v) is 5.37. The van der Waals surface area contributed by atoms with Gasteiger partial charge >= 0.3 is 25.8 Å². The van der Waals surface area contributed by atoms with Crippen LogP contribution in [0.25, 0.3) is 27.3 Å². The SMILES string of the molecule is CC(C)c1ccccc1C([NH-])=O.[Cl-].[Cl-].[Hf+4].c1ccc([Si]c2ccccc2)cc1.c1ccc2c(c1)[cH-]c1ccccc12. The number of nitrogens with one attached hydrogen (secondary N) is 1. The van der Waals surface area contributed by atoms with E-state index >= 15 is 0 Å². The van der Waals surface area contributed by atoms with Crippen LogP contribution in [0.5, 0.6) is 0 Å². The summed E-state index contributed by atoms with van der Waals surface area (Å²) in [6, 6.07) is 47.7. The maximum absolute atomic E-state index is 10.8. The van der Waals surface area contributed by atoms with Crippen molar-refractivity contribution in [2.45, 2.75) is 19.8 Å². The molecule has 0 bridgehead atoms. The third kappa shape index (κ3) is 10.5. The van der Waals surface area contributed by atoms with Crippen LogP contribution in [0.4, 0.5) is 0 Å². The Morgan fingerprint density at radius 2 is 1.00 bits per heavy atom. The molecule has 2 nitrogen and oxygen atoms in total. The van der Waals surface area contributed by atoms with Gasteiger partial charge in [-0.25, -0.2) is 0 Å². The Bertz CT molecular complexity index is 1520. The summed E-state index contributed by atoms with van der Waals surface area (Å²) in [6.07, 6.45) is 0. The van der Waals surface area contributed by atoms with Crippen molar-refractivity contribution in [2.75, 3.05) is 0 Å². The van der Waals surface area contributed by atoms with E-state index in [1.807, 2.05) is 26.0 Å². The molecular formula is C35H31Cl2HfNOSi. The first-order valence-corrected chi connectivity index (χ1v) is 13.8. The molecule has 0 aliphatic carbocycles. The zero-order valence-corrected chi connectivity index (χ0v) is 29.1. The fourth-order valence-electron chi connectivity index (χ4n) is 4.32. The maximum Gasteiger partial charge on any atom is 4.00 e. The van der Waals surface area contributed by atoms with Crippen LogP contribution < -0.4 is 35.2 Å². The molecule has 0 heterocycles. The van der Waals surface area contributed by atoms with Gasteiger partial charge in [0.05, 0.1) is 5.91 Å². The predicted molar refractivity (Wildman–Crippen MR) is 164 cm³/mol. The molecule has 6 rings (SSSR count). The van der Waals surface area contributed by atoms with Gasteiger partial charge in [0.2, 0.25) is 0 Å². The number of hydrogen-bond donors (Lipinski definition) is 0. The van der Waals surface area contributed by atoms with Crippen LogP contribution in [0.1, 0.15) is 35.7 Å². The van der Waals surface area contributed by atoms with E-state index in [4.69, 9.17) is 5.73 Å². The van der Waals surface area contributed by atoms with Crippen molar-refractivity contribution in [3.63, 3.8) is 0 Å². The number of carbonyl (C=O) groups is 1. The smallest absolute Gasteiger partial charge is 1.00 e. The van der Waals surface area contributed by atoms with E-state index in [9.17, 15) is 4.79 Å². The van der Waals surface area contributed by atoms with Gasteiger partial charge in [0.1, 0.15) is 9.52 Å². The third-order valence-electron chi connectivity index (χ3n) is 6.19. The second kappa shape index (κ2) is 18.5. The van der Waals surface area contributed by atoms with Crippen LogP contribution in [0.15, 0.2) is 140 Å². The van der Waals surface area contributed by atoms with Crippen molar-refractivity contribution in [3.8, 4) is 0 Å². The second-order valence-corrected chi connectivity index (χ2v) is 10.7. The molecule has 0 aliphatic heterocycles. The van der Waals surface area contributed by atoms with E-state index in [0.29, 0.717) is 11.5 Å². The van der Waals surface area contributed by atoms with Crippen LogP contribution in [0.3, 0.4) is 0 Å². The molecule has 6 aromatic rings. The molecule has 0 aliphatic rings. The van der Waals surface area contributed by atoms with Crippen molar-refractivity contribution in [1.82, 2.24) is 0 Å². The summed E-state index contributed by atoms with van der Waals surface area (Å²) in [5, 5.41) is 8.19. The van der Waals surface area contributed by atoms with Gasteiger partial charge in [0.15, 0.2) is 0 Å². The predicted octanol–water partition coefficient (Wildman–Crippen LogP) is 2.06. The number of amides is 1. The summed E-state index contributed by atoms with van der Waals surface area (Å²) in [5.41, 5.74) is 8.49. The van der Waals surface area contributed by atoms with E-state index < -0.39 is 5.91 Å². The minimum Gasteiger partial charge on any atom is -1.00 e. The number of benzene rings is 5. The van der Waals surface area contributed by atoms with Gasteiger partial charge in [0.25, 0.3) is 0 Å². The van der Waals surface area contributed by atoms with E-state index in [1.54, 1.807) is 12.1 Å². The number of hydrogen-bond acceptors (Lipinski definition) is 1. The molecule has 1 N–H and O–H groups in total. The second-order valence-electron chi connectivity index (χ2n) is 9.25. The molecule has 41 heavy (non-hydrogen) atoms. The fraction of sp³-hybridized carbons (Fsp3) is 0.0857. The Morgan fingerprint density at radius 1 is 0.610 bits per heavy atom. The molecule has 0 atom stereocenters. The number of fused-ring (bicyclic) bond motifs is 3. The minimum atomic E-state index is -0.598. The molecule has 6 heteroatoms. The quantitative estimate of drug-likeness (QED) is 0.201. The van der Waals surface area contributed by atoms with Crippen LogP contribution in [-0.2, 0) is 25.8 Å². The van der Waals surface area contributed by atoms with Crippen molar-refractivity contribution < 1.29 is 55.5 Å². The van der Waals surface area contributed by atoms with Crippen molar-refractivity contribution in [3.05, 3.63) is 156 Å². The third-order valence-corrected chi connectivity index (χ3v) is 7.43. The summed E-state index contributed by atoms with van der Waals surface area (Å²) in [5.74, 6) is -0.296. The van der Waals surface area contributed by atoms with E-state index in [-0.39, 0.29) is 50.7 Å². The average molecular weight is 759 g/mol. The van der Waals surface area contributed by atoms with Crippen LogP contribution in [-0.4, -0.2) is 15.4 Å². The summed E-state index contributed by atoms with van der Waals surface area (Å²) < 4.78 is 0. The van der Waals surface area contributed by atoms with Gasteiger partial charge < -0.3 is 35.3 Å². The standard InChI is InChI=1S/C13H9.C12H10Si.C10H13NO.2ClH.Hf/c1-3-7-12-10(5-1)9-11-6-2-4-8-13(11)12;1-3-7-11(8-4-1)13-12-9-5-2-6-10-12;1-7(2)8-5-3-4-6-9(8)10(11)12;;;/h1-9H;1-10H;3-7H,1-2H3,(H2,11,12);2*1H;/q-1;;;;;+4/p-3. The Hall–Kier alpha value is -2.89. The zero-order chi connectivity index (χ0) is 26.7. The molecule has 0 fully saturated rings. The number of rotatable bonds is 4. The average Bonchev–Trinajstić information content (AvgIpc) is 3.34. The van der Waals surface area contributed by atoms with Gasteiger partial charge in [-0.2, -0.15) is 0 Å². The Labute approximate surface area is 277 Å². The Balaban J connectivity index is 0.000000297. The molecular weight excluding hydrogens is 728 g/mol. The van der Waals surface area contributed by atoms with Crippen LogP contribution in [0, 0.1) is 0 Å². The first kappa shape index (κ1) is 36.1. The van der Waals surface area contributed by atoms with Gasteiger partial charge in [-0.3, -0.25) is 0 Å². The molecule has 204 valence electrons. The summed E-state index contributed by atoms with van der Waals surface area (Å²) in [6.45, 7) is 4.03. The minimum absolute atomic E-state index is 0. The largest absolute Gasteiger partial charge is 4.00 e. The topological polar surface area (TPSA) is 40.9 Å². The molecule has 6 aromatic carbocycles. The Kier molecular flexibility index (Phi) is 16.3. The maximum atomic E-state index is 10.8. The van der Waals surface area contributed by atoms with Crippen LogP contribution in [0.2, 0.25) is 0 Å². The summed E-state index contributed by atoms with van der Waals surface area (Å²) in [4.78, 5) is 10.8. The van der Waals surface area contributed by atoms with E-state index in [2.05, 4.69) is 115 Å². The first-order valence-electron chi connectivity index (χ1n) is 12.8. The number of carbonyl (C=O) groups excluding carboxylic acids is 1. The van der Waals surface area contributed by atoms with Gasteiger partial charge in [-0.1, -0.05) is 146 Å². The summed E-state index contributed by atoms with van der Waals surface area (Å²) >= 11 is 0. The van der Waals surface area contributed by atoms with Gasteiger partial charge in [0, 0.05) is 5.56 Å². The van der Waals surface area contributed by atoms with E-state index in [1.165, 1.54) is 31.9 Å². The monoisotopic (exact) mass is 759 g/mol. The molecule has 0 saturated heterocycles. The first-order chi connectivity index (χ1) is 18.5. The Morgan fingerprint density at radius 3 is 1.41 bits per heavy atom. The normalized spacial score (nSPS) is 9.63. The van der Waals surface area contributed by atoms with Gasteiger partial charge in [-0.05, 0) is 11.5 Å². The summed E-state index contributed by atoms with van der Waals surface area (Å²) in [7, 11) is 0.777. The molecule has 0 unspecified atom stereocenters. The molecule has 2 radical (unpaired) electrons. The van der Waals surface area contributed by atoms with Gasteiger partial charge in [-0.15, -0.1) is 39.7 Å².